The summed E-state index contributed by atoms with van der Waals surface area (Å²) in [5.41, 5.74) is 3.29. The van der Waals surface area contributed by atoms with Crippen molar-refractivity contribution in [1.82, 2.24) is 5.01 Å². The molecule has 0 aromatic heterocycles. The summed E-state index contributed by atoms with van der Waals surface area (Å²) in [7, 11) is 0. The molecule has 2 nitrogen and oxygen atoms in total. The number of allylic oxidation sites excluding steroid dienone is 2. The number of hydrogen-bond donors (Lipinski definition) is 0. The minimum Gasteiger partial charge on any atom is -0.270 e. The maximum atomic E-state index is 4.17. The van der Waals surface area contributed by atoms with Crippen LogP contribution in [0.25, 0.3) is 0 Å². The van der Waals surface area contributed by atoms with Crippen LogP contribution in [-0.4, -0.2) is 18.3 Å². The van der Waals surface area contributed by atoms with Crippen molar-refractivity contribution >= 4 is 6.72 Å². The van der Waals surface area contributed by atoms with E-state index in [1.807, 2.05) is 0 Å². The van der Waals surface area contributed by atoms with Gasteiger partial charge in [0.1, 0.15) is 0 Å². The van der Waals surface area contributed by atoms with Crippen molar-refractivity contribution in [3.63, 3.8) is 0 Å². The van der Waals surface area contributed by atoms with Crippen LogP contribution in [-0.2, 0) is 0 Å². The van der Waals surface area contributed by atoms with Crippen molar-refractivity contribution in [2.24, 2.45) is 15.9 Å². The number of rotatable bonds is 1. The highest BCUT2D eigenvalue weighted by atomic mass is 15.4. The Kier molecular flexibility index (Phi) is 3.51. The summed E-state index contributed by atoms with van der Waals surface area (Å²) in [6.07, 6.45) is 2.48. The molecule has 0 saturated carbocycles. The average Bonchev–Trinajstić information content (AvgIpc) is 2.20. The minimum atomic E-state index is 0.269. The zero-order chi connectivity index (χ0) is 12.6. The Bertz CT molecular complexity index is 311. The van der Waals surface area contributed by atoms with Crippen LogP contribution in [0, 0.1) is 10.8 Å². The van der Waals surface area contributed by atoms with Crippen LogP contribution >= 0.6 is 0 Å². The summed E-state index contributed by atoms with van der Waals surface area (Å²) < 4.78 is 0. The number of nitrogens with zero attached hydrogens (tertiary/aromatic N) is 2. The van der Waals surface area contributed by atoms with Crippen LogP contribution < -0.4 is 0 Å². The summed E-state index contributed by atoms with van der Waals surface area (Å²) in [6, 6.07) is 0. The Labute approximate surface area is 100 Å². The second-order valence-corrected chi connectivity index (χ2v) is 6.46. The van der Waals surface area contributed by atoms with Gasteiger partial charge < -0.3 is 0 Å². The van der Waals surface area contributed by atoms with Gasteiger partial charge in [0.15, 0.2) is 0 Å². The second kappa shape index (κ2) is 4.23. The molecule has 1 rings (SSSR count). The number of hydrazone groups is 1. The molecule has 0 aromatic rings. The SMILES string of the molecule is C=NN1CC(C)(C)CCC(C)(C)C(C)=C1C. The van der Waals surface area contributed by atoms with E-state index in [4.69, 9.17) is 0 Å². The van der Waals surface area contributed by atoms with Crippen LogP contribution in [0.3, 0.4) is 0 Å². The van der Waals surface area contributed by atoms with E-state index >= 15 is 0 Å². The monoisotopic (exact) mass is 222 g/mol. The topological polar surface area (TPSA) is 15.6 Å². The fourth-order valence-electron chi connectivity index (χ4n) is 2.28. The van der Waals surface area contributed by atoms with Crippen LogP contribution in [0.2, 0.25) is 0 Å². The van der Waals surface area contributed by atoms with Gasteiger partial charge in [0.05, 0.1) is 0 Å². The van der Waals surface area contributed by atoms with E-state index in [1.54, 1.807) is 0 Å². The highest BCUT2D eigenvalue weighted by Crippen LogP contribution is 2.41. The van der Waals surface area contributed by atoms with Crippen molar-refractivity contribution < 1.29 is 0 Å². The third kappa shape index (κ3) is 2.66. The molecule has 16 heavy (non-hydrogen) atoms. The third-order valence-electron chi connectivity index (χ3n) is 4.12. The molecular formula is C14H26N2. The maximum absolute atomic E-state index is 4.17. The summed E-state index contributed by atoms with van der Waals surface area (Å²) >= 11 is 0. The largest absolute Gasteiger partial charge is 0.270 e. The van der Waals surface area contributed by atoms with Gasteiger partial charge in [0.25, 0.3) is 0 Å². The Morgan fingerprint density at radius 2 is 1.69 bits per heavy atom. The quantitative estimate of drug-likeness (QED) is 0.611. The molecule has 2 heteroatoms. The van der Waals surface area contributed by atoms with Crippen molar-refractivity contribution in [2.75, 3.05) is 6.54 Å². The number of hydrogen-bond acceptors (Lipinski definition) is 2. The Morgan fingerprint density at radius 1 is 1.12 bits per heavy atom. The molecule has 1 aliphatic rings. The van der Waals surface area contributed by atoms with Crippen molar-refractivity contribution in [3.8, 4) is 0 Å². The van der Waals surface area contributed by atoms with Gasteiger partial charge in [-0.15, -0.1) is 0 Å². The zero-order valence-electron chi connectivity index (χ0n) is 11.7. The third-order valence-corrected chi connectivity index (χ3v) is 4.12. The standard InChI is InChI=1S/C14H26N2/c1-11-12(2)16(15-7)10-13(3,4)8-9-14(11,5)6/h7-10H2,1-6H3. The highest BCUT2D eigenvalue weighted by molar-refractivity contribution is 5.25. The van der Waals surface area contributed by atoms with Gasteiger partial charge >= 0.3 is 0 Å². The first kappa shape index (κ1) is 13.3. The molecule has 92 valence electrons. The van der Waals surface area contributed by atoms with Gasteiger partial charge in [0.2, 0.25) is 0 Å². The van der Waals surface area contributed by atoms with Crippen LogP contribution in [0.1, 0.15) is 54.4 Å². The Morgan fingerprint density at radius 3 is 2.19 bits per heavy atom. The summed E-state index contributed by atoms with van der Waals surface area (Å²) in [6.45, 7) is 18.3. The van der Waals surface area contributed by atoms with Gasteiger partial charge in [-0.1, -0.05) is 27.7 Å². The van der Waals surface area contributed by atoms with E-state index in [1.165, 1.54) is 24.1 Å². The lowest BCUT2D eigenvalue weighted by molar-refractivity contribution is 0.167. The highest BCUT2D eigenvalue weighted by Gasteiger charge is 2.32. The normalized spacial score (nSPS) is 25.0. The minimum absolute atomic E-state index is 0.269. The Hall–Kier alpha value is -0.790. The fraction of sp³-hybridized carbons (Fsp3) is 0.786. The maximum Gasteiger partial charge on any atom is 0.0462 e. The summed E-state index contributed by atoms with van der Waals surface area (Å²) in [4.78, 5) is 0. The van der Waals surface area contributed by atoms with Crippen molar-refractivity contribution in [1.29, 1.82) is 0 Å². The molecule has 1 aliphatic heterocycles. The van der Waals surface area contributed by atoms with Gasteiger partial charge in [0, 0.05) is 19.0 Å². The molecule has 0 saturated heterocycles. The lowest BCUT2D eigenvalue weighted by Crippen LogP contribution is -2.35. The van der Waals surface area contributed by atoms with Gasteiger partial charge in [-0.25, -0.2) is 0 Å². The predicted octanol–water partition coefficient (Wildman–Crippen LogP) is 4.04. The lowest BCUT2D eigenvalue weighted by atomic mass is 9.73. The molecule has 0 unspecified atom stereocenters. The van der Waals surface area contributed by atoms with Crippen molar-refractivity contribution in [2.45, 2.75) is 54.4 Å². The summed E-state index contributed by atoms with van der Waals surface area (Å²) in [5, 5.41) is 6.23. The van der Waals surface area contributed by atoms with E-state index in [-0.39, 0.29) is 5.41 Å². The molecule has 0 bridgehead atoms. The molecule has 0 atom stereocenters. The van der Waals surface area contributed by atoms with Gasteiger partial charge in [-0.2, -0.15) is 5.10 Å². The average molecular weight is 222 g/mol. The molecule has 0 spiro atoms. The first-order chi connectivity index (χ1) is 7.19. The van der Waals surface area contributed by atoms with Gasteiger partial charge in [-0.3, -0.25) is 5.01 Å². The van der Waals surface area contributed by atoms with E-state index < -0.39 is 0 Å². The summed E-state index contributed by atoms with van der Waals surface area (Å²) in [5.74, 6) is 0. The molecule has 0 aromatic carbocycles. The first-order valence-electron chi connectivity index (χ1n) is 6.12. The zero-order valence-corrected chi connectivity index (χ0v) is 11.7. The van der Waals surface area contributed by atoms with Gasteiger partial charge in [-0.05, 0) is 43.1 Å². The van der Waals surface area contributed by atoms with Crippen LogP contribution in [0.15, 0.2) is 16.4 Å². The molecule has 1 heterocycles. The van der Waals surface area contributed by atoms with Crippen LogP contribution in [0.5, 0.6) is 0 Å². The smallest absolute Gasteiger partial charge is 0.0462 e. The molecular weight excluding hydrogens is 196 g/mol. The first-order valence-corrected chi connectivity index (χ1v) is 6.12. The second-order valence-electron chi connectivity index (χ2n) is 6.46. The molecule has 0 N–H and O–H groups in total. The molecule has 0 fully saturated rings. The molecule has 0 radical (unpaired) electrons. The lowest BCUT2D eigenvalue weighted by Gasteiger charge is -2.40. The predicted molar refractivity (Wildman–Crippen MR) is 71.4 cm³/mol. The fourth-order valence-corrected chi connectivity index (χ4v) is 2.28. The van der Waals surface area contributed by atoms with E-state index in [2.05, 4.69) is 58.4 Å². The van der Waals surface area contributed by atoms with Crippen LogP contribution in [0.4, 0.5) is 0 Å². The van der Waals surface area contributed by atoms with E-state index in [0.29, 0.717) is 5.41 Å². The molecule has 0 amide bonds. The van der Waals surface area contributed by atoms with Crippen molar-refractivity contribution in [3.05, 3.63) is 11.3 Å². The molecule has 0 aliphatic carbocycles. The Balaban J connectivity index is 3.16. The van der Waals surface area contributed by atoms with E-state index in [0.717, 1.165) is 6.54 Å². The van der Waals surface area contributed by atoms with E-state index in [9.17, 15) is 0 Å².